The van der Waals surface area contributed by atoms with Gasteiger partial charge in [-0.15, -0.1) is 12.6 Å². The molecule has 0 unspecified atom stereocenters. The van der Waals surface area contributed by atoms with Crippen LogP contribution in [0.4, 0.5) is 0 Å². The van der Waals surface area contributed by atoms with Crippen molar-refractivity contribution < 1.29 is 9.22 Å². The SMILES string of the molecule is C[C@H](CO[Si](C)(C)C(C)(C)C)CC(=O)S. The van der Waals surface area contributed by atoms with E-state index in [1.165, 1.54) is 0 Å². The van der Waals surface area contributed by atoms with E-state index in [0.717, 1.165) is 0 Å². The summed E-state index contributed by atoms with van der Waals surface area (Å²) in [4.78, 5) is 10.8. The molecule has 2 nitrogen and oxygen atoms in total. The number of hydrogen-bond acceptors (Lipinski definition) is 2. The maximum atomic E-state index is 10.8. The molecule has 0 N–H and O–H groups in total. The van der Waals surface area contributed by atoms with Crippen molar-refractivity contribution in [2.45, 2.75) is 52.2 Å². The average Bonchev–Trinajstić information content (AvgIpc) is 1.97. The first kappa shape index (κ1) is 15.2. The highest BCUT2D eigenvalue weighted by Gasteiger charge is 2.37. The van der Waals surface area contributed by atoms with Gasteiger partial charge in [0.25, 0.3) is 0 Å². The summed E-state index contributed by atoms with van der Waals surface area (Å²) in [6.45, 7) is 13.8. The molecule has 0 aliphatic rings. The van der Waals surface area contributed by atoms with Gasteiger partial charge in [0.15, 0.2) is 13.4 Å². The molecule has 90 valence electrons. The maximum absolute atomic E-state index is 10.8. The molecule has 0 aromatic carbocycles. The van der Waals surface area contributed by atoms with E-state index in [1.807, 2.05) is 6.92 Å². The van der Waals surface area contributed by atoms with Crippen molar-refractivity contribution in [1.29, 1.82) is 0 Å². The van der Waals surface area contributed by atoms with E-state index in [0.29, 0.717) is 13.0 Å². The minimum atomic E-state index is -1.65. The molecule has 0 bridgehead atoms. The lowest BCUT2D eigenvalue weighted by Gasteiger charge is -2.36. The van der Waals surface area contributed by atoms with Crippen LogP contribution in [-0.2, 0) is 9.22 Å². The molecule has 0 heterocycles. The highest BCUT2D eigenvalue weighted by Crippen LogP contribution is 2.36. The standard InChI is InChI=1S/C11H24O2SSi/c1-9(7-10(12)14)8-13-15(5,6)11(2,3)4/h9H,7-8H2,1-6H3,(H,12,14)/t9-/m0/s1. The predicted octanol–water partition coefficient (Wildman–Crippen LogP) is 3.49. The second kappa shape index (κ2) is 5.50. The Morgan fingerprint density at radius 2 is 1.87 bits per heavy atom. The van der Waals surface area contributed by atoms with Gasteiger partial charge < -0.3 is 4.43 Å². The molecule has 0 fully saturated rings. The fourth-order valence-electron chi connectivity index (χ4n) is 0.924. The first-order valence-electron chi connectivity index (χ1n) is 5.42. The third-order valence-corrected chi connectivity index (χ3v) is 7.74. The normalized spacial score (nSPS) is 15.1. The Labute approximate surface area is 100 Å². The van der Waals surface area contributed by atoms with Crippen molar-refractivity contribution in [2.24, 2.45) is 5.92 Å². The molecule has 0 spiro atoms. The van der Waals surface area contributed by atoms with E-state index in [-0.39, 0.29) is 16.1 Å². The van der Waals surface area contributed by atoms with E-state index in [1.54, 1.807) is 0 Å². The monoisotopic (exact) mass is 248 g/mol. The summed E-state index contributed by atoms with van der Waals surface area (Å²) >= 11 is 3.78. The van der Waals surface area contributed by atoms with Gasteiger partial charge in [-0.05, 0) is 24.1 Å². The molecule has 0 amide bonds. The summed E-state index contributed by atoms with van der Waals surface area (Å²) < 4.78 is 6.01. The highest BCUT2D eigenvalue weighted by atomic mass is 32.1. The van der Waals surface area contributed by atoms with E-state index in [9.17, 15) is 4.79 Å². The van der Waals surface area contributed by atoms with Gasteiger partial charge in [0.1, 0.15) is 0 Å². The fourth-order valence-corrected chi connectivity index (χ4v) is 2.37. The summed E-state index contributed by atoms with van der Waals surface area (Å²) in [6.07, 6.45) is 0.498. The third-order valence-electron chi connectivity index (χ3n) is 3.06. The summed E-state index contributed by atoms with van der Waals surface area (Å²) in [7, 11) is -1.65. The van der Waals surface area contributed by atoms with Crippen LogP contribution in [0.5, 0.6) is 0 Å². The van der Waals surface area contributed by atoms with E-state index < -0.39 is 8.32 Å². The Balaban J connectivity index is 4.10. The second-order valence-corrected chi connectivity index (χ2v) is 11.1. The fraction of sp³-hybridized carbons (Fsp3) is 0.909. The van der Waals surface area contributed by atoms with Crippen LogP contribution in [-0.4, -0.2) is 20.0 Å². The molecule has 0 aliphatic heterocycles. The lowest BCUT2D eigenvalue weighted by Crippen LogP contribution is -2.41. The van der Waals surface area contributed by atoms with E-state index >= 15 is 0 Å². The quantitative estimate of drug-likeness (QED) is 0.595. The Kier molecular flexibility index (Phi) is 5.58. The average molecular weight is 248 g/mol. The Morgan fingerprint density at radius 1 is 1.40 bits per heavy atom. The Morgan fingerprint density at radius 3 is 2.20 bits per heavy atom. The van der Waals surface area contributed by atoms with Crippen molar-refractivity contribution in [3.63, 3.8) is 0 Å². The molecule has 0 radical (unpaired) electrons. The van der Waals surface area contributed by atoms with Crippen LogP contribution < -0.4 is 0 Å². The molecule has 0 saturated heterocycles. The number of hydrogen-bond donors (Lipinski definition) is 1. The van der Waals surface area contributed by atoms with E-state index in [2.05, 4.69) is 46.5 Å². The minimum absolute atomic E-state index is 0.0543. The van der Waals surface area contributed by atoms with Crippen LogP contribution in [0.25, 0.3) is 0 Å². The van der Waals surface area contributed by atoms with Gasteiger partial charge in [-0.1, -0.05) is 27.7 Å². The van der Waals surface area contributed by atoms with Gasteiger partial charge >= 0.3 is 0 Å². The molecule has 0 aromatic rings. The van der Waals surface area contributed by atoms with Gasteiger partial charge in [-0.2, -0.15) is 0 Å². The zero-order valence-corrected chi connectivity index (χ0v) is 12.6. The zero-order chi connectivity index (χ0) is 12.3. The highest BCUT2D eigenvalue weighted by molar-refractivity contribution is 7.96. The smallest absolute Gasteiger partial charge is 0.191 e. The summed E-state index contributed by atoms with van der Waals surface area (Å²) in [5, 5.41) is 0.180. The molecule has 0 aromatic heterocycles. The molecule has 1 atom stereocenters. The van der Waals surface area contributed by atoms with Crippen LogP contribution in [0.3, 0.4) is 0 Å². The molecule has 0 saturated carbocycles. The van der Waals surface area contributed by atoms with Crippen molar-refractivity contribution in [1.82, 2.24) is 0 Å². The molecule has 0 aliphatic carbocycles. The van der Waals surface area contributed by atoms with Gasteiger partial charge in [0, 0.05) is 13.0 Å². The molecular formula is C11H24O2SSi. The maximum Gasteiger partial charge on any atom is 0.191 e. The zero-order valence-electron chi connectivity index (χ0n) is 10.8. The number of rotatable bonds is 5. The van der Waals surface area contributed by atoms with Crippen LogP contribution in [0.15, 0.2) is 0 Å². The summed E-state index contributed by atoms with van der Waals surface area (Å²) in [6, 6.07) is 0. The first-order chi connectivity index (χ1) is 6.56. The van der Waals surface area contributed by atoms with Crippen molar-refractivity contribution in [2.75, 3.05) is 6.61 Å². The number of thiol groups is 1. The largest absolute Gasteiger partial charge is 0.417 e. The second-order valence-electron chi connectivity index (χ2n) is 5.77. The van der Waals surface area contributed by atoms with Crippen LogP contribution in [0.1, 0.15) is 34.1 Å². The van der Waals surface area contributed by atoms with E-state index in [4.69, 9.17) is 4.43 Å². The Bertz CT molecular complexity index is 221. The summed E-state index contributed by atoms with van der Waals surface area (Å²) in [5.41, 5.74) is 0. The van der Waals surface area contributed by atoms with Gasteiger partial charge in [0.2, 0.25) is 0 Å². The van der Waals surface area contributed by atoms with Crippen molar-refractivity contribution in [3.8, 4) is 0 Å². The minimum Gasteiger partial charge on any atom is -0.417 e. The molecule has 4 heteroatoms. The van der Waals surface area contributed by atoms with Gasteiger partial charge in [0.05, 0.1) is 0 Å². The topological polar surface area (TPSA) is 26.3 Å². The summed E-state index contributed by atoms with van der Waals surface area (Å²) in [5.74, 6) is 0.268. The van der Waals surface area contributed by atoms with Crippen molar-refractivity contribution >= 4 is 26.1 Å². The molecule has 15 heavy (non-hydrogen) atoms. The predicted molar refractivity (Wildman–Crippen MR) is 70.9 cm³/mol. The molecular weight excluding hydrogens is 224 g/mol. The van der Waals surface area contributed by atoms with Crippen molar-refractivity contribution in [3.05, 3.63) is 0 Å². The first-order valence-corrected chi connectivity index (χ1v) is 8.77. The number of carbonyl (C=O) groups excluding carboxylic acids is 1. The molecule has 0 rings (SSSR count). The third kappa shape index (κ3) is 5.73. The Hall–Kier alpha value is 0.197. The van der Waals surface area contributed by atoms with Gasteiger partial charge in [-0.25, -0.2) is 0 Å². The van der Waals surface area contributed by atoms with Crippen LogP contribution in [0, 0.1) is 5.92 Å². The number of carbonyl (C=O) groups is 1. The lowest BCUT2D eigenvalue weighted by molar-refractivity contribution is -0.111. The van der Waals surface area contributed by atoms with Crippen LogP contribution in [0.2, 0.25) is 18.1 Å². The van der Waals surface area contributed by atoms with Crippen LogP contribution >= 0.6 is 12.6 Å². The van der Waals surface area contributed by atoms with Gasteiger partial charge in [-0.3, -0.25) is 4.79 Å². The lowest BCUT2D eigenvalue weighted by atomic mass is 10.1.